The molecule has 1 saturated carbocycles. The standard InChI is InChI=1S/C22H25FN4O2/c1-26-14-17(13-25-26)8-15-2-4-18(5-3-15)22(28)27-21(6-7-29-27)19-9-16(12-24)10-20(23)11-19/h9-11,13-15,18,21H,2-8H2,1H3/t15-,18-,21-/m0/s1. The summed E-state index contributed by atoms with van der Waals surface area (Å²) in [6, 6.07) is 5.88. The molecule has 2 aromatic rings. The number of aryl methyl sites for hydroxylation is 1. The molecular formula is C22H25FN4O2. The second kappa shape index (κ2) is 8.34. The summed E-state index contributed by atoms with van der Waals surface area (Å²) in [4.78, 5) is 18.8. The van der Waals surface area contributed by atoms with Crippen LogP contribution in [0.4, 0.5) is 4.39 Å². The molecule has 6 nitrogen and oxygen atoms in total. The quantitative estimate of drug-likeness (QED) is 0.790. The number of aromatic nitrogens is 2. The predicted molar refractivity (Wildman–Crippen MR) is 104 cm³/mol. The van der Waals surface area contributed by atoms with E-state index in [1.807, 2.05) is 30.2 Å². The number of rotatable bonds is 4. The number of amides is 1. The normalized spacial score (nSPS) is 24.4. The molecule has 29 heavy (non-hydrogen) atoms. The van der Waals surface area contributed by atoms with Crippen LogP contribution in [0, 0.1) is 29.0 Å². The van der Waals surface area contributed by atoms with Crippen molar-refractivity contribution in [3.05, 3.63) is 53.1 Å². The zero-order chi connectivity index (χ0) is 20.4. The molecule has 1 amide bonds. The van der Waals surface area contributed by atoms with E-state index in [1.165, 1.54) is 22.8 Å². The Hall–Kier alpha value is -2.72. The second-order valence-corrected chi connectivity index (χ2v) is 8.13. The molecule has 1 aromatic carbocycles. The van der Waals surface area contributed by atoms with E-state index in [1.54, 1.807) is 6.07 Å². The molecule has 2 fully saturated rings. The summed E-state index contributed by atoms with van der Waals surface area (Å²) >= 11 is 0. The van der Waals surface area contributed by atoms with Crippen LogP contribution in [-0.4, -0.2) is 27.4 Å². The van der Waals surface area contributed by atoms with Crippen molar-refractivity contribution in [3.63, 3.8) is 0 Å². The molecule has 1 aliphatic heterocycles. The Morgan fingerprint density at radius 2 is 2.07 bits per heavy atom. The Balaban J connectivity index is 1.39. The molecule has 2 aliphatic rings. The minimum absolute atomic E-state index is 0.0184. The first kappa shape index (κ1) is 19.6. The Morgan fingerprint density at radius 1 is 1.28 bits per heavy atom. The van der Waals surface area contributed by atoms with Gasteiger partial charge in [0.25, 0.3) is 0 Å². The number of hydroxylamine groups is 2. The smallest absolute Gasteiger partial charge is 0.249 e. The van der Waals surface area contributed by atoms with E-state index in [-0.39, 0.29) is 23.4 Å². The predicted octanol–water partition coefficient (Wildman–Crippen LogP) is 3.68. The molecule has 1 atom stereocenters. The number of hydrogen-bond acceptors (Lipinski definition) is 4. The molecule has 1 aliphatic carbocycles. The lowest BCUT2D eigenvalue weighted by molar-refractivity contribution is -0.183. The van der Waals surface area contributed by atoms with Crippen molar-refractivity contribution < 1.29 is 14.0 Å². The van der Waals surface area contributed by atoms with E-state index in [2.05, 4.69) is 5.10 Å². The van der Waals surface area contributed by atoms with Crippen LogP contribution in [-0.2, 0) is 23.1 Å². The van der Waals surface area contributed by atoms with Crippen LogP contribution in [0.15, 0.2) is 30.6 Å². The van der Waals surface area contributed by atoms with Crippen LogP contribution in [0.25, 0.3) is 0 Å². The van der Waals surface area contributed by atoms with Gasteiger partial charge in [-0.1, -0.05) is 0 Å². The van der Waals surface area contributed by atoms with Crippen molar-refractivity contribution in [2.45, 2.75) is 44.6 Å². The average molecular weight is 396 g/mol. The minimum Gasteiger partial charge on any atom is -0.276 e. The number of hydrogen-bond donors (Lipinski definition) is 0. The molecule has 0 radical (unpaired) electrons. The average Bonchev–Trinajstić information content (AvgIpc) is 3.36. The fraction of sp³-hybridized carbons (Fsp3) is 0.500. The Morgan fingerprint density at radius 3 is 2.76 bits per heavy atom. The summed E-state index contributed by atoms with van der Waals surface area (Å²) in [5, 5.41) is 14.8. The summed E-state index contributed by atoms with van der Waals surface area (Å²) in [6.07, 6.45) is 9.24. The molecule has 2 heterocycles. The lowest BCUT2D eigenvalue weighted by atomic mass is 9.79. The zero-order valence-electron chi connectivity index (χ0n) is 16.6. The number of nitriles is 1. The number of benzene rings is 1. The van der Waals surface area contributed by atoms with Crippen molar-refractivity contribution in [1.82, 2.24) is 14.8 Å². The van der Waals surface area contributed by atoms with Crippen LogP contribution in [0.2, 0.25) is 0 Å². The summed E-state index contributed by atoms with van der Waals surface area (Å²) in [5.41, 5.74) is 2.12. The first-order valence-corrected chi connectivity index (χ1v) is 10.2. The van der Waals surface area contributed by atoms with Gasteiger partial charge in [-0.05, 0) is 67.3 Å². The summed E-state index contributed by atoms with van der Waals surface area (Å²) < 4.78 is 15.7. The maximum Gasteiger partial charge on any atom is 0.249 e. The van der Waals surface area contributed by atoms with E-state index in [0.29, 0.717) is 24.5 Å². The van der Waals surface area contributed by atoms with Gasteiger partial charge >= 0.3 is 0 Å². The summed E-state index contributed by atoms with van der Waals surface area (Å²) in [7, 11) is 1.92. The van der Waals surface area contributed by atoms with E-state index in [9.17, 15) is 9.18 Å². The summed E-state index contributed by atoms with van der Waals surface area (Å²) in [6.45, 7) is 0.422. The molecule has 4 rings (SSSR count). The first-order chi connectivity index (χ1) is 14.0. The van der Waals surface area contributed by atoms with Crippen LogP contribution < -0.4 is 0 Å². The van der Waals surface area contributed by atoms with Gasteiger partial charge in [-0.25, -0.2) is 9.45 Å². The van der Waals surface area contributed by atoms with Crippen molar-refractivity contribution >= 4 is 5.91 Å². The van der Waals surface area contributed by atoms with Crippen molar-refractivity contribution in [1.29, 1.82) is 5.26 Å². The molecule has 0 spiro atoms. The van der Waals surface area contributed by atoms with Gasteiger partial charge in [0.2, 0.25) is 5.91 Å². The van der Waals surface area contributed by atoms with Gasteiger partial charge in [0.1, 0.15) is 5.82 Å². The topological polar surface area (TPSA) is 71.2 Å². The van der Waals surface area contributed by atoms with Crippen LogP contribution >= 0.6 is 0 Å². The number of halogens is 1. The SMILES string of the molecule is Cn1cc(C[C@H]2CC[C@H](C(=O)N3OCC[C@H]3c3cc(F)cc(C#N)c3)CC2)cn1. The second-order valence-electron chi connectivity index (χ2n) is 8.13. The van der Waals surface area contributed by atoms with Gasteiger partial charge in [-0.15, -0.1) is 0 Å². The van der Waals surface area contributed by atoms with E-state index >= 15 is 0 Å². The minimum atomic E-state index is -0.464. The number of carbonyl (C=O) groups is 1. The monoisotopic (exact) mass is 396 g/mol. The molecular weight excluding hydrogens is 371 g/mol. The van der Waals surface area contributed by atoms with Gasteiger partial charge in [-0.3, -0.25) is 14.3 Å². The number of carbonyl (C=O) groups excluding carboxylic acids is 1. The third-order valence-corrected chi connectivity index (χ3v) is 6.03. The van der Waals surface area contributed by atoms with Crippen LogP contribution in [0.1, 0.15) is 54.8 Å². The summed E-state index contributed by atoms with van der Waals surface area (Å²) in [5.74, 6) is 0.0223. The fourth-order valence-electron chi connectivity index (χ4n) is 4.56. The highest BCUT2D eigenvalue weighted by Gasteiger charge is 2.37. The highest BCUT2D eigenvalue weighted by atomic mass is 19.1. The maximum absolute atomic E-state index is 13.9. The lowest BCUT2D eigenvalue weighted by Crippen LogP contribution is -2.36. The molecule has 0 N–H and O–H groups in total. The lowest BCUT2D eigenvalue weighted by Gasteiger charge is -2.32. The van der Waals surface area contributed by atoms with Gasteiger partial charge < -0.3 is 0 Å². The molecule has 7 heteroatoms. The van der Waals surface area contributed by atoms with Crippen LogP contribution in [0.3, 0.4) is 0 Å². The Kier molecular flexibility index (Phi) is 5.63. The largest absolute Gasteiger partial charge is 0.276 e. The fourth-order valence-corrected chi connectivity index (χ4v) is 4.56. The highest BCUT2D eigenvalue weighted by molar-refractivity contribution is 5.78. The molecule has 152 valence electrons. The molecule has 0 unspecified atom stereocenters. The van der Waals surface area contributed by atoms with Gasteiger partial charge in [-0.2, -0.15) is 10.4 Å². The third-order valence-electron chi connectivity index (χ3n) is 6.03. The highest BCUT2D eigenvalue weighted by Crippen LogP contribution is 2.37. The van der Waals surface area contributed by atoms with E-state index in [4.69, 9.17) is 10.1 Å². The molecule has 1 saturated heterocycles. The van der Waals surface area contributed by atoms with Crippen molar-refractivity contribution in [2.75, 3.05) is 6.61 Å². The van der Waals surface area contributed by atoms with Gasteiger partial charge in [0, 0.05) is 25.6 Å². The van der Waals surface area contributed by atoms with Gasteiger partial charge in [0.15, 0.2) is 0 Å². The van der Waals surface area contributed by atoms with E-state index < -0.39 is 5.82 Å². The van der Waals surface area contributed by atoms with Crippen molar-refractivity contribution in [3.8, 4) is 6.07 Å². The van der Waals surface area contributed by atoms with Crippen molar-refractivity contribution in [2.24, 2.45) is 18.9 Å². The Bertz CT molecular complexity index is 927. The Labute approximate surface area is 169 Å². The van der Waals surface area contributed by atoms with Crippen LogP contribution in [0.5, 0.6) is 0 Å². The van der Waals surface area contributed by atoms with E-state index in [0.717, 1.165) is 32.1 Å². The van der Waals surface area contributed by atoms with Gasteiger partial charge in [0.05, 0.1) is 30.5 Å². The zero-order valence-corrected chi connectivity index (χ0v) is 16.6. The molecule has 1 aromatic heterocycles. The first-order valence-electron chi connectivity index (χ1n) is 10.2. The maximum atomic E-state index is 13.9. The third kappa shape index (κ3) is 4.33. The number of nitrogens with zero attached hydrogens (tertiary/aromatic N) is 4. The molecule has 0 bridgehead atoms.